The van der Waals surface area contributed by atoms with Gasteiger partial charge < -0.3 is 10.1 Å². The highest BCUT2D eigenvalue weighted by atomic mass is 127. The average molecular weight is 413 g/mol. The Balaban J connectivity index is 1.81. The molecule has 1 heterocycles. The molecule has 1 aliphatic rings. The Hall–Kier alpha value is -0.590. The normalized spacial score (nSPS) is 19.1. The van der Waals surface area contributed by atoms with E-state index in [-0.39, 0.29) is 6.04 Å². The van der Waals surface area contributed by atoms with E-state index in [0.717, 1.165) is 5.75 Å². The van der Waals surface area contributed by atoms with E-state index in [4.69, 9.17) is 4.74 Å². The van der Waals surface area contributed by atoms with Gasteiger partial charge >= 0.3 is 0 Å². The van der Waals surface area contributed by atoms with Gasteiger partial charge in [0.2, 0.25) is 0 Å². The summed E-state index contributed by atoms with van der Waals surface area (Å²) >= 11 is 4.38. The minimum atomic E-state index is 0.287. The fourth-order valence-corrected chi connectivity index (χ4v) is 5.23. The minimum absolute atomic E-state index is 0.287. The van der Waals surface area contributed by atoms with Crippen LogP contribution in [-0.2, 0) is 6.42 Å². The van der Waals surface area contributed by atoms with Crippen LogP contribution in [-0.4, -0.2) is 7.11 Å². The average Bonchev–Trinajstić information content (AvgIpc) is 2.88. The van der Waals surface area contributed by atoms with Gasteiger partial charge in [-0.3, -0.25) is 0 Å². The molecule has 1 aliphatic carbocycles. The number of fused-ring (bicyclic) bond motifs is 1. The van der Waals surface area contributed by atoms with Gasteiger partial charge in [-0.2, -0.15) is 0 Å². The van der Waals surface area contributed by atoms with Crippen molar-refractivity contribution in [3.8, 4) is 5.75 Å². The molecule has 2 unspecified atom stereocenters. The van der Waals surface area contributed by atoms with Crippen molar-refractivity contribution in [2.45, 2.75) is 38.3 Å². The molecular weight excluding hydrogens is 393 g/mol. The lowest BCUT2D eigenvalue weighted by atomic mass is 9.92. The highest BCUT2D eigenvalue weighted by Crippen LogP contribution is 2.38. The summed E-state index contributed by atoms with van der Waals surface area (Å²) in [6.07, 6.45) is 3.74. The van der Waals surface area contributed by atoms with Crippen LogP contribution in [0, 0.1) is 2.88 Å². The number of hydrogen-bond donors (Lipinski definition) is 1. The molecule has 21 heavy (non-hydrogen) atoms. The van der Waals surface area contributed by atoms with Crippen LogP contribution in [0.15, 0.2) is 30.3 Å². The molecule has 2 aromatic rings. The largest absolute Gasteiger partial charge is 0.496 e. The quantitative estimate of drug-likeness (QED) is 0.706. The fourth-order valence-electron chi connectivity index (χ4n) is 3.11. The molecule has 0 bridgehead atoms. The Morgan fingerprint density at radius 2 is 2.19 bits per heavy atom. The molecule has 1 aromatic heterocycles. The summed E-state index contributed by atoms with van der Waals surface area (Å²) in [5, 5.41) is 3.80. The number of nitrogens with one attached hydrogen (secondary N) is 1. The molecule has 0 saturated carbocycles. The molecule has 112 valence electrons. The molecule has 0 radical (unpaired) electrons. The summed E-state index contributed by atoms with van der Waals surface area (Å²) in [7, 11) is 1.74. The summed E-state index contributed by atoms with van der Waals surface area (Å²) < 4.78 is 6.89. The van der Waals surface area contributed by atoms with Crippen molar-refractivity contribution in [2.75, 3.05) is 7.11 Å². The van der Waals surface area contributed by atoms with Crippen molar-refractivity contribution < 1.29 is 4.74 Å². The third kappa shape index (κ3) is 3.27. The molecule has 0 aliphatic heterocycles. The zero-order chi connectivity index (χ0) is 14.8. The maximum atomic E-state index is 5.49. The molecule has 3 rings (SSSR count). The number of methoxy groups -OCH3 is 1. The number of aryl methyl sites for hydroxylation is 1. The van der Waals surface area contributed by atoms with Crippen LogP contribution in [0.25, 0.3) is 0 Å². The van der Waals surface area contributed by atoms with Gasteiger partial charge in [-0.1, -0.05) is 18.2 Å². The first-order valence-corrected chi connectivity index (χ1v) is 9.25. The molecule has 0 spiro atoms. The second kappa shape index (κ2) is 6.67. The molecule has 4 heteroatoms. The lowest BCUT2D eigenvalue weighted by Crippen LogP contribution is -2.27. The molecule has 0 saturated heterocycles. The van der Waals surface area contributed by atoms with E-state index in [1.54, 1.807) is 12.0 Å². The van der Waals surface area contributed by atoms with Crippen molar-refractivity contribution in [3.05, 3.63) is 49.2 Å². The van der Waals surface area contributed by atoms with E-state index in [9.17, 15) is 0 Å². The first-order valence-electron chi connectivity index (χ1n) is 7.36. The second-order valence-corrected chi connectivity index (χ2v) is 8.54. The molecule has 2 nitrogen and oxygen atoms in total. The van der Waals surface area contributed by atoms with Crippen molar-refractivity contribution >= 4 is 33.9 Å². The molecule has 0 amide bonds. The summed E-state index contributed by atoms with van der Waals surface area (Å²) in [6.45, 7) is 2.23. The third-order valence-electron chi connectivity index (χ3n) is 4.14. The van der Waals surface area contributed by atoms with Crippen LogP contribution in [0.5, 0.6) is 5.75 Å². The van der Waals surface area contributed by atoms with Gasteiger partial charge in [0, 0.05) is 22.5 Å². The summed E-state index contributed by atoms with van der Waals surface area (Å²) in [5.74, 6) is 0.966. The molecule has 2 atom stereocenters. The molecule has 0 fully saturated rings. The summed E-state index contributed by atoms with van der Waals surface area (Å²) in [6, 6.07) is 11.4. The van der Waals surface area contributed by atoms with Gasteiger partial charge in [0.1, 0.15) is 5.75 Å². The monoisotopic (exact) mass is 413 g/mol. The lowest BCUT2D eigenvalue weighted by Gasteiger charge is -2.28. The van der Waals surface area contributed by atoms with Gasteiger partial charge in [0.25, 0.3) is 0 Å². The van der Waals surface area contributed by atoms with E-state index < -0.39 is 0 Å². The predicted molar refractivity (Wildman–Crippen MR) is 97.3 cm³/mol. The smallest absolute Gasteiger partial charge is 0.123 e. The Kier molecular flexibility index (Phi) is 4.86. The van der Waals surface area contributed by atoms with E-state index in [0.29, 0.717) is 6.04 Å². The van der Waals surface area contributed by atoms with Crippen LogP contribution in [0.4, 0.5) is 0 Å². The summed E-state index contributed by atoms with van der Waals surface area (Å²) in [4.78, 5) is 1.57. The number of rotatable bonds is 4. The van der Waals surface area contributed by atoms with Crippen LogP contribution in [0.2, 0.25) is 0 Å². The zero-order valence-electron chi connectivity index (χ0n) is 12.4. The number of thiophene rings is 1. The number of ether oxygens (including phenoxy) is 1. The number of benzene rings is 1. The Bertz CT molecular complexity index is 625. The van der Waals surface area contributed by atoms with Crippen LogP contribution in [0.3, 0.4) is 0 Å². The van der Waals surface area contributed by atoms with E-state index in [2.05, 4.69) is 53.0 Å². The van der Waals surface area contributed by atoms with Crippen molar-refractivity contribution in [3.63, 3.8) is 0 Å². The lowest BCUT2D eigenvalue weighted by molar-refractivity contribution is 0.383. The topological polar surface area (TPSA) is 21.3 Å². The standard InChI is InChI=1S/C17H20INOS/c1-11(12-6-3-4-8-15(12)20-2)19-14-7-5-9-16-13(14)10-17(18)21-16/h3-4,6,8,10-11,14,19H,5,7,9H2,1-2H3. The number of para-hydroxylation sites is 1. The Morgan fingerprint density at radius 1 is 1.38 bits per heavy atom. The van der Waals surface area contributed by atoms with E-state index in [1.165, 1.54) is 33.3 Å². The van der Waals surface area contributed by atoms with Gasteiger partial charge in [-0.25, -0.2) is 0 Å². The first kappa shape index (κ1) is 15.3. The van der Waals surface area contributed by atoms with Gasteiger partial charge in [-0.15, -0.1) is 11.3 Å². The third-order valence-corrected chi connectivity index (χ3v) is 6.11. The van der Waals surface area contributed by atoms with Crippen LogP contribution < -0.4 is 10.1 Å². The summed E-state index contributed by atoms with van der Waals surface area (Å²) in [5.41, 5.74) is 2.74. The van der Waals surface area contributed by atoms with Gasteiger partial charge in [-0.05, 0) is 66.5 Å². The number of hydrogen-bond acceptors (Lipinski definition) is 3. The van der Waals surface area contributed by atoms with Crippen LogP contribution >= 0.6 is 33.9 Å². The zero-order valence-corrected chi connectivity index (χ0v) is 15.3. The van der Waals surface area contributed by atoms with E-state index in [1.807, 2.05) is 23.5 Å². The van der Waals surface area contributed by atoms with E-state index >= 15 is 0 Å². The second-order valence-electron chi connectivity index (χ2n) is 5.50. The highest BCUT2D eigenvalue weighted by molar-refractivity contribution is 14.1. The molecule has 1 aromatic carbocycles. The fraction of sp³-hybridized carbons (Fsp3) is 0.412. The predicted octanol–water partition coefficient (Wildman–Crippen LogP) is 5.09. The Morgan fingerprint density at radius 3 is 3.00 bits per heavy atom. The molecular formula is C17H20INOS. The highest BCUT2D eigenvalue weighted by Gasteiger charge is 2.24. The first-order chi connectivity index (χ1) is 10.2. The van der Waals surface area contributed by atoms with Crippen molar-refractivity contribution in [2.24, 2.45) is 0 Å². The van der Waals surface area contributed by atoms with Crippen molar-refractivity contribution in [1.82, 2.24) is 5.32 Å². The maximum absolute atomic E-state index is 5.49. The Labute approximate surface area is 144 Å². The van der Waals surface area contributed by atoms with Gasteiger partial charge in [0.05, 0.1) is 9.99 Å². The maximum Gasteiger partial charge on any atom is 0.123 e. The molecule has 1 N–H and O–H groups in total. The SMILES string of the molecule is COc1ccccc1C(C)NC1CCCc2sc(I)cc21. The number of halogens is 1. The minimum Gasteiger partial charge on any atom is -0.496 e. The van der Waals surface area contributed by atoms with Crippen LogP contribution in [0.1, 0.15) is 47.9 Å². The van der Waals surface area contributed by atoms with Crippen molar-refractivity contribution in [1.29, 1.82) is 0 Å². The van der Waals surface area contributed by atoms with Gasteiger partial charge in [0.15, 0.2) is 0 Å².